The highest BCUT2D eigenvalue weighted by Gasteiger charge is 2.31. The first-order valence-electron chi connectivity index (χ1n) is 8.24. The lowest BCUT2D eigenvalue weighted by Gasteiger charge is -2.22. The van der Waals surface area contributed by atoms with Gasteiger partial charge in [-0.25, -0.2) is 4.98 Å². The molecule has 0 N–H and O–H groups in total. The Hall–Kier alpha value is -2.27. The predicted molar refractivity (Wildman–Crippen MR) is 89.7 cm³/mol. The summed E-state index contributed by atoms with van der Waals surface area (Å²) in [7, 11) is 0. The number of hydrogen-bond acceptors (Lipinski definition) is 2. The van der Waals surface area contributed by atoms with Crippen LogP contribution in [0.5, 0.6) is 0 Å². The van der Waals surface area contributed by atoms with Gasteiger partial charge in [0.15, 0.2) is 0 Å². The molecule has 1 aliphatic carbocycles. The Morgan fingerprint density at radius 3 is 2.42 bits per heavy atom. The molecule has 0 radical (unpaired) electrons. The van der Waals surface area contributed by atoms with Crippen LogP contribution >= 0.6 is 0 Å². The van der Waals surface area contributed by atoms with E-state index in [9.17, 15) is 8.78 Å². The van der Waals surface area contributed by atoms with Crippen LogP contribution in [0, 0.1) is 0 Å². The molecule has 24 heavy (non-hydrogen) atoms. The number of alkyl halides is 2. The molecule has 0 amide bonds. The molecule has 1 aliphatic rings. The predicted octanol–water partition coefficient (Wildman–Crippen LogP) is 4.60. The highest BCUT2D eigenvalue weighted by molar-refractivity contribution is 5.75. The molecule has 3 nitrogen and oxygen atoms in total. The molecule has 0 atom stereocenters. The number of nitrogens with zero attached hydrogens (tertiary/aromatic N) is 3. The van der Waals surface area contributed by atoms with E-state index in [1.807, 2.05) is 24.3 Å². The zero-order valence-corrected chi connectivity index (χ0v) is 13.3. The molecule has 1 fully saturated rings. The molecule has 0 saturated heterocycles. The van der Waals surface area contributed by atoms with Crippen LogP contribution in [0.15, 0.2) is 54.6 Å². The monoisotopic (exact) mass is 327 g/mol. The normalized spacial score (nSPS) is 14.8. The van der Waals surface area contributed by atoms with Gasteiger partial charge >= 0.3 is 6.55 Å². The molecule has 2 aromatic carbocycles. The molecule has 0 unspecified atom stereocenters. The number of hydrogen-bond donors (Lipinski definition) is 0. The second kappa shape index (κ2) is 6.32. The largest absolute Gasteiger partial charge is 0.320 e. The summed E-state index contributed by atoms with van der Waals surface area (Å²) >= 11 is 0. The van der Waals surface area contributed by atoms with Crippen molar-refractivity contribution < 1.29 is 8.78 Å². The lowest BCUT2D eigenvalue weighted by atomic mass is 10.2. The zero-order valence-electron chi connectivity index (χ0n) is 13.3. The minimum Gasteiger partial charge on any atom is -0.289 e. The van der Waals surface area contributed by atoms with Gasteiger partial charge in [0, 0.05) is 12.6 Å². The van der Waals surface area contributed by atoms with Crippen molar-refractivity contribution in [3.8, 4) is 0 Å². The standard InChI is InChI=1S/C19H19F2N3/c20-19(21)24-17-9-5-4-8-16(17)22-18(24)13-23(15-10-11-15)12-14-6-2-1-3-7-14/h1-9,15,19H,10-13H2. The van der Waals surface area contributed by atoms with Crippen LogP contribution in [-0.4, -0.2) is 20.5 Å². The number of para-hydroxylation sites is 2. The summed E-state index contributed by atoms with van der Waals surface area (Å²) in [5.74, 6) is 0.439. The summed E-state index contributed by atoms with van der Waals surface area (Å²) in [4.78, 5) is 6.73. The Balaban J connectivity index is 1.65. The van der Waals surface area contributed by atoms with Crippen molar-refractivity contribution in [1.82, 2.24) is 14.5 Å². The fourth-order valence-electron chi connectivity index (χ4n) is 3.18. The van der Waals surface area contributed by atoms with Crippen molar-refractivity contribution in [2.45, 2.75) is 38.5 Å². The number of benzene rings is 2. The first kappa shape index (κ1) is 15.3. The fraction of sp³-hybridized carbons (Fsp3) is 0.316. The third-order valence-electron chi connectivity index (χ3n) is 4.50. The van der Waals surface area contributed by atoms with Gasteiger partial charge in [0.25, 0.3) is 0 Å². The second-order valence-electron chi connectivity index (χ2n) is 6.29. The number of rotatable bonds is 6. The summed E-state index contributed by atoms with van der Waals surface area (Å²) in [6.07, 6.45) is 2.25. The number of fused-ring (bicyclic) bond motifs is 1. The molecule has 0 spiro atoms. The Labute approximate surface area is 139 Å². The molecular formula is C19H19F2N3. The van der Waals surface area contributed by atoms with Crippen LogP contribution in [0.4, 0.5) is 8.78 Å². The van der Waals surface area contributed by atoms with Gasteiger partial charge in [-0.3, -0.25) is 9.47 Å². The van der Waals surface area contributed by atoms with Gasteiger partial charge in [0.2, 0.25) is 0 Å². The summed E-state index contributed by atoms with van der Waals surface area (Å²) in [6.45, 7) is -1.37. The maximum Gasteiger partial charge on any atom is 0.320 e. The quantitative estimate of drug-likeness (QED) is 0.660. The van der Waals surface area contributed by atoms with E-state index in [2.05, 4.69) is 22.0 Å². The topological polar surface area (TPSA) is 21.1 Å². The fourth-order valence-corrected chi connectivity index (χ4v) is 3.18. The van der Waals surface area contributed by atoms with E-state index in [0.29, 0.717) is 29.4 Å². The maximum atomic E-state index is 13.6. The molecule has 0 bridgehead atoms. The molecule has 124 valence electrons. The molecule has 1 aromatic heterocycles. The third kappa shape index (κ3) is 3.04. The van der Waals surface area contributed by atoms with Gasteiger partial charge in [-0.05, 0) is 30.5 Å². The van der Waals surface area contributed by atoms with Gasteiger partial charge in [0.05, 0.1) is 17.6 Å². The third-order valence-corrected chi connectivity index (χ3v) is 4.50. The molecule has 3 aromatic rings. The molecule has 5 heteroatoms. The van der Waals surface area contributed by atoms with Crippen LogP contribution < -0.4 is 0 Å². The maximum absolute atomic E-state index is 13.6. The van der Waals surface area contributed by atoms with Gasteiger partial charge < -0.3 is 0 Å². The van der Waals surface area contributed by atoms with Gasteiger partial charge in [-0.15, -0.1) is 0 Å². The Kier molecular flexibility index (Phi) is 4.02. The van der Waals surface area contributed by atoms with Gasteiger partial charge in [-0.1, -0.05) is 42.5 Å². The lowest BCUT2D eigenvalue weighted by Crippen LogP contribution is -2.27. The molecular weight excluding hydrogens is 308 g/mol. The minimum atomic E-state index is -2.58. The van der Waals surface area contributed by atoms with Crippen molar-refractivity contribution in [2.75, 3.05) is 0 Å². The zero-order chi connectivity index (χ0) is 16.5. The van der Waals surface area contributed by atoms with Crippen LogP contribution in [0.25, 0.3) is 11.0 Å². The van der Waals surface area contributed by atoms with Crippen molar-refractivity contribution in [3.05, 3.63) is 66.0 Å². The lowest BCUT2D eigenvalue weighted by molar-refractivity contribution is 0.0677. The molecule has 1 saturated carbocycles. The van der Waals surface area contributed by atoms with Gasteiger partial charge in [-0.2, -0.15) is 8.78 Å². The smallest absolute Gasteiger partial charge is 0.289 e. The summed E-state index contributed by atoms with van der Waals surface area (Å²) in [6, 6.07) is 17.7. The Morgan fingerprint density at radius 1 is 1.00 bits per heavy atom. The second-order valence-corrected chi connectivity index (χ2v) is 6.29. The van der Waals surface area contributed by atoms with Crippen molar-refractivity contribution in [3.63, 3.8) is 0 Å². The van der Waals surface area contributed by atoms with Crippen molar-refractivity contribution in [2.24, 2.45) is 0 Å². The van der Waals surface area contributed by atoms with Crippen molar-refractivity contribution >= 4 is 11.0 Å². The van der Waals surface area contributed by atoms with E-state index < -0.39 is 6.55 Å². The van der Waals surface area contributed by atoms with Crippen LogP contribution in [-0.2, 0) is 13.1 Å². The summed E-state index contributed by atoms with van der Waals surface area (Å²) < 4.78 is 28.2. The van der Waals surface area contributed by atoms with E-state index in [0.717, 1.165) is 24.0 Å². The van der Waals surface area contributed by atoms with E-state index in [-0.39, 0.29) is 0 Å². The highest BCUT2D eigenvalue weighted by Crippen LogP contribution is 2.31. The highest BCUT2D eigenvalue weighted by atomic mass is 19.3. The Morgan fingerprint density at radius 2 is 1.71 bits per heavy atom. The van der Waals surface area contributed by atoms with Crippen LogP contribution in [0.3, 0.4) is 0 Å². The number of halogens is 2. The average Bonchev–Trinajstić information content (AvgIpc) is 3.36. The van der Waals surface area contributed by atoms with Gasteiger partial charge in [0.1, 0.15) is 5.82 Å². The van der Waals surface area contributed by atoms with Crippen molar-refractivity contribution in [1.29, 1.82) is 0 Å². The van der Waals surface area contributed by atoms with E-state index in [1.54, 1.807) is 18.2 Å². The summed E-state index contributed by atoms with van der Waals surface area (Å²) in [5, 5.41) is 0. The molecule has 4 rings (SSSR count). The van der Waals surface area contributed by atoms with E-state index >= 15 is 0 Å². The Bertz CT molecular complexity index is 825. The SMILES string of the molecule is FC(F)n1c(CN(Cc2ccccc2)C2CC2)nc2ccccc21. The first-order chi connectivity index (χ1) is 11.7. The molecule has 1 heterocycles. The number of imidazole rings is 1. The van der Waals surface area contributed by atoms with E-state index in [4.69, 9.17) is 0 Å². The van der Waals surface area contributed by atoms with E-state index in [1.165, 1.54) is 5.56 Å². The van der Waals surface area contributed by atoms with Crippen LogP contribution in [0.2, 0.25) is 0 Å². The number of aromatic nitrogens is 2. The minimum absolute atomic E-state index is 0.439. The molecule has 0 aliphatic heterocycles. The average molecular weight is 327 g/mol. The summed E-state index contributed by atoms with van der Waals surface area (Å²) in [5.41, 5.74) is 2.32. The van der Waals surface area contributed by atoms with Crippen LogP contribution in [0.1, 0.15) is 30.8 Å². The first-order valence-corrected chi connectivity index (χ1v) is 8.24.